The van der Waals surface area contributed by atoms with Crippen LogP contribution in [-0.4, -0.2) is 57.1 Å². The molecule has 0 fully saturated rings. The Balaban J connectivity index is 1.47. The van der Waals surface area contributed by atoms with Crippen LogP contribution in [0.2, 0.25) is 0 Å². The number of rotatable bonds is 5. The lowest BCUT2D eigenvalue weighted by Gasteiger charge is -2.30. The van der Waals surface area contributed by atoms with Gasteiger partial charge in [0.15, 0.2) is 0 Å². The highest BCUT2D eigenvalue weighted by molar-refractivity contribution is 5.10. The molecule has 0 aromatic carbocycles. The van der Waals surface area contributed by atoms with Crippen molar-refractivity contribution in [2.45, 2.75) is 38.9 Å². The van der Waals surface area contributed by atoms with Gasteiger partial charge in [-0.05, 0) is 37.0 Å². The van der Waals surface area contributed by atoms with Gasteiger partial charge in [-0.25, -0.2) is 9.97 Å². The van der Waals surface area contributed by atoms with Crippen molar-refractivity contribution in [1.82, 2.24) is 24.6 Å². The molecule has 0 N–H and O–H groups in total. The molecule has 2 aliphatic heterocycles. The van der Waals surface area contributed by atoms with E-state index in [1.165, 1.54) is 11.3 Å². The second-order valence-corrected chi connectivity index (χ2v) is 6.95. The Morgan fingerprint density at radius 3 is 3.00 bits per heavy atom. The molecule has 138 valence electrons. The molecule has 0 bridgehead atoms. The van der Waals surface area contributed by atoms with Gasteiger partial charge in [0.05, 0.1) is 18.9 Å². The molecule has 2 aromatic rings. The molecule has 4 rings (SSSR count). The Morgan fingerprint density at radius 2 is 2.19 bits per heavy atom. The number of hydrogen-bond acceptors (Lipinski definition) is 6. The molecule has 2 aromatic heterocycles. The summed E-state index contributed by atoms with van der Waals surface area (Å²) in [5.41, 5.74) is 3.63. The summed E-state index contributed by atoms with van der Waals surface area (Å²) in [7, 11) is 0. The number of aryl methyl sites for hydroxylation is 2. The highest BCUT2D eigenvalue weighted by atomic mass is 16.5. The van der Waals surface area contributed by atoms with Crippen LogP contribution in [0.3, 0.4) is 0 Å². The van der Waals surface area contributed by atoms with Crippen LogP contribution in [0, 0.1) is 6.92 Å². The van der Waals surface area contributed by atoms with E-state index in [9.17, 15) is 0 Å². The van der Waals surface area contributed by atoms with Gasteiger partial charge in [-0.3, -0.25) is 9.58 Å². The van der Waals surface area contributed by atoms with E-state index < -0.39 is 0 Å². The minimum Gasteiger partial charge on any atom is -0.462 e. The summed E-state index contributed by atoms with van der Waals surface area (Å²) in [4.78, 5) is 11.0. The fourth-order valence-electron chi connectivity index (χ4n) is 3.47. The van der Waals surface area contributed by atoms with Crippen molar-refractivity contribution in [1.29, 1.82) is 0 Å². The topological polar surface area (TPSA) is 65.3 Å². The zero-order valence-corrected chi connectivity index (χ0v) is 15.2. The Morgan fingerprint density at radius 1 is 1.31 bits per heavy atom. The van der Waals surface area contributed by atoms with Gasteiger partial charge in [0.25, 0.3) is 0 Å². The Bertz CT molecular complexity index is 756. The maximum absolute atomic E-state index is 5.91. The number of hydrogen-bond donors (Lipinski definition) is 0. The molecule has 0 amide bonds. The first-order valence-corrected chi connectivity index (χ1v) is 9.20. The van der Waals surface area contributed by atoms with E-state index in [4.69, 9.17) is 9.47 Å². The lowest BCUT2D eigenvalue weighted by atomic mass is 10.1. The molecule has 26 heavy (non-hydrogen) atoms. The quantitative estimate of drug-likeness (QED) is 0.764. The van der Waals surface area contributed by atoms with Gasteiger partial charge in [-0.15, -0.1) is 0 Å². The Labute approximate surface area is 153 Å². The first-order valence-electron chi connectivity index (χ1n) is 9.20. The van der Waals surface area contributed by atoms with Crippen LogP contribution in [0.4, 0.5) is 0 Å². The largest absolute Gasteiger partial charge is 0.462 e. The molecule has 1 unspecified atom stereocenters. The van der Waals surface area contributed by atoms with E-state index in [0.29, 0.717) is 12.6 Å². The van der Waals surface area contributed by atoms with Crippen LogP contribution in [0.5, 0.6) is 6.01 Å². The third-order valence-electron chi connectivity index (χ3n) is 4.91. The van der Waals surface area contributed by atoms with Gasteiger partial charge in [-0.1, -0.05) is 6.08 Å². The van der Waals surface area contributed by atoms with Crippen molar-refractivity contribution in [2.24, 2.45) is 0 Å². The van der Waals surface area contributed by atoms with E-state index in [1.807, 2.05) is 13.1 Å². The van der Waals surface area contributed by atoms with Crippen LogP contribution in [-0.2, 0) is 17.8 Å². The highest BCUT2D eigenvalue weighted by Crippen LogP contribution is 2.20. The van der Waals surface area contributed by atoms with Crippen molar-refractivity contribution >= 4 is 0 Å². The molecule has 1 atom stereocenters. The number of fused-ring (bicyclic) bond motifs is 1. The molecule has 0 saturated carbocycles. The van der Waals surface area contributed by atoms with Crippen molar-refractivity contribution < 1.29 is 9.47 Å². The first kappa shape index (κ1) is 17.2. The van der Waals surface area contributed by atoms with Crippen LogP contribution < -0.4 is 4.74 Å². The Kier molecular flexibility index (Phi) is 5.26. The van der Waals surface area contributed by atoms with Crippen molar-refractivity contribution in [2.75, 3.05) is 26.4 Å². The SMILES string of the molecule is Cc1cnc(OCC2CCn3nccc3CN2CC2=CCCOC2)nc1. The Hall–Kier alpha value is -2.25. The summed E-state index contributed by atoms with van der Waals surface area (Å²) in [6.07, 6.45) is 9.74. The van der Waals surface area contributed by atoms with Crippen molar-refractivity contribution in [3.8, 4) is 6.01 Å². The predicted octanol–water partition coefficient (Wildman–Crippen LogP) is 1.98. The van der Waals surface area contributed by atoms with Crippen LogP contribution in [0.25, 0.3) is 0 Å². The summed E-state index contributed by atoms with van der Waals surface area (Å²) in [5.74, 6) is 0. The summed E-state index contributed by atoms with van der Waals surface area (Å²) in [6, 6.07) is 2.83. The molecule has 0 saturated heterocycles. The summed E-state index contributed by atoms with van der Waals surface area (Å²) < 4.78 is 13.6. The third-order valence-corrected chi connectivity index (χ3v) is 4.91. The normalized spacial score (nSPS) is 21.0. The summed E-state index contributed by atoms with van der Waals surface area (Å²) in [6.45, 7) is 6.75. The molecular formula is C19H25N5O2. The summed E-state index contributed by atoms with van der Waals surface area (Å²) in [5, 5.41) is 4.45. The number of ether oxygens (including phenoxy) is 2. The smallest absolute Gasteiger partial charge is 0.316 e. The minimum atomic E-state index is 0.282. The number of nitrogens with zero attached hydrogens (tertiary/aromatic N) is 5. The van der Waals surface area contributed by atoms with E-state index in [-0.39, 0.29) is 6.04 Å². The highest BCUT2D eigenvalue weighted by Gasteiger charge is 2.26. The zero-order valence-electron chi connectivity index (χ0n) is 15.2. The summed E-state index contributed by atoms with van der Waals surface area (Å²) >= 11 is 0. The molecular weight excluding hydrogens is 330 g/mol. The van der Waals surface area contributed by atoms with Gasteiger partial charge >= 0.3 is 6.01 Å². The average Bonchev–Trinajstić information content (AvgIpc) is 3.04. The predicted molar refractivity (Wildman–Crippen MR) is 96.8 cm³/mol. The monoisotopic (exact) mass is 355 g/mol. The third kappa shape index (κ3) is 4.11. The lowest BCUT2D eigenvalue weighted by Crippen LogP contribution is -2.40. The van der Waals surface area contributed by atoms with Crippen molar-refractivity contribution in [3.63, 3.8) is 0 Å². The van der Waals surface area contributed by atoms with E-state index >= 15 is 0 Å². The van der Waals surface area contributed by atoms with Gasteiger partial charge in [0, 0.05) is 44.3 Å². The second kappa shape index (κ2) is 7.97. The average molecular weight is 355 g/mol. The molecule has 4 heterocycles. The number of aromatic nitrogens is 4. The second-order valence-electron chi connectivity index (χ2n) is 6.95. The van der Waals surface area contributed by atoms with E-state index in [2.05, 4.69) is 36.8 Å². The van der Waals surface area contributed by atoms with Crippen LogP contribution >= 0.6 is 0 Å². The maximum atomic E-state index is 5.91. The van der Waals surface area contributed by atoms with E-state index in [1.54, 1.807) is 12.4 Å². The van der Waals surface area contributed by atoms with Crippen LogP contribution in [0.1, 0.15) is 24.1 Å². The lowest BCUT2D eigenvalue weighted by molar-refractivity contribution is 0.110. The molecule has 0 spiro atoms. The molecule has 7 heteroatoms. The fraction of sp³-hybridized carbons (Fsp3) is 0.526. The molecule has 2 aliphatic rings. The molecule has 0 aliphatic carbocycles. The van der Waals surface area contributed by atoms with Crippen LogP contribution in [0.15, 0.2) is 36.3 Å². The molecule has 7 nitrogen and oxygen atoms in total. The van der Waals surface area contributed by atoms with Crippen molar-refractivity contribution in [3.05, 3.63) is 47.6 Å². The standard InChI is InChI=1S/C19H25N5O2/c1-15-9-20-19(21-10-15)26-14-18-5-7-24-17(4-6-22-24)12-23(18)11-16-3-2-8-25-13-16/h3-4,6,9-10,18H,2,5,7-8,11-14H2,1H3. The minimum absolute atomic E-state index is 0.282. The van der Waals surface area contributed by atoms with Gasteiger partial charge in [-0.2, -0.15) is 5.10 Å². The zero-order chi connectivity index (χ0) is 17.8. The van der Waals surface area contributed by atoms with Gasteiger partial charge < -0.3 is 9.47 Å². The first-order chi connectivity index (χ1) is 12.8. The molecule has 0 radical (unpaired) electrons. The van der Waals surface area contributed by atoms with E-state index in [0.717, 1.165) is 51.3 Å². The fourth-order valence-corrected chi connectivity index (χ4v) is 3.47. The van der Waals surface area contributed by atoms with Gasteiger partial charge in [0.1, 0.15) is 6.61 Å². The maximum Gasteiger partial charge on any atom is 0.316 e. The van der Waals surface area contributed by atoms with Gasteiger partial charge in [0.2, 0.25) is 0 Å².